The molecule has 2 heterocycles. The Balaban J connectivity index is 1.60. The van der Waals surface area contributed by atoms with E-state index in [2.05, 4.69) is 55.7 Å². The van der Waals surface area contributed by atoms with Crippen LogP contribution in [-0.2, 0) is 6.54 Å². The highest BCUT2D eigenvalue weighted by Crippen LogP contribution is 2.21. The topological polar surface area (TPSA) is 66.5 Å². The fourth-order valence-corrected chi connectivity index (χ4v) is 2.68. The molecule has 6 heteroatoms. The molecule has 1 N–H and O–H groups in total. The van der Waals surface area contributed by atoms with Crippen LogP contribution >= 0.6 is 0 Å². The van der Waals surface area contributed by atoms with Crippen molar-refractivity contribution in [2.24, 2.45) is 4.99 Å². The van der Waals surface area contributed by atoms with Crippen LogP contribution in [0.4, 0.5) is 0 Å². The maximum absolute atomic E-state index is 4.97. The minimum atomic E-state index is 0.510. The number of hydrogen-bond donors (Lipinski definition) is 1. The maximum Gasteiger partial charge on any atom is 0.223 e. The molecular weight excluding hydrogens is 290 g/mol. The van der Waals surface area contributed by atoms with Crippen LogP contribution in [0.25, 0.3) is 5.57 Å². The highest BCUT2D eigenvalue weighted by Gasteiger charge is 2.16. The van der Waals surface area contributed by atoms with Crippen LogP contribution < -0.4 is 5.32 Å². The van der Waals surface area contributed by atoms with Crippen LogP contribution in [0.2, 0.25) is 0 Å². The second-order valence-corrected chi connectivity index (χ2v) is 5.42. The summed E-state index contributed by atoms with van der Waals surface area (Å²) in [6, 6.07) is 10.5. The Morgan fingerprint density at radius 3 is 2.78 bits per heavy atom. The quantitative estimate of drug-likeness (QED) is 0.695. The summed E-state index contributed by atoms with van der Waals surface area (Å²) in [4.78, 5) is 10.8. The third-order valence-electron chi connectivity index (χ3n) is 3.84. The highest BCUT2D eigenvalue weighted by atomic mass is 16.5. The minimum absolute atomic E-state index is 0.510. The zero-order valence-electron chi connectivity index (χ0n) is 13.5. The Labute approximate surface area is 135 Å². The third kappa shape index (κ3) is 3.77. The first-order valence-electron chi connectivity index (χ1n) is 7.75. The van der Waals surface area contributed by atoms with E-state index in [4.69, 9.17) is 4.52 Å². The summed E-state index contributed by atoms with van der Waals surface area (Å²) in [6.45, 7) is 4.07. The monoisotopic (exact) mass is 311 g/mol. The number of aromatic nitrogens is 2. The number of rotatable bonds is 3. The number of guanidine groups is 1. The molecule has 1 aliphatic rings. The zero-order chi connectivity index (χ0) is 16.1. The normalized spacial score (nSPS) is 15.5. The average molecular weight is 311 g/mol. The van der Waals surface area contributed by atoms with E-state index in [1.54, 1.807) is 14.0 Å². The maximum atomic E-state index is 4.97. The Bertz CT molecular complexity index is 705. The average Bonchev–Trinajstić information content (AvgIpc) is 3.02. The summed E-state index contributed by atoms with van der Waals surface area (Å²) >= 11 is 0. The van der Waals surface area contributed by atoms with E-state index in [9.17, 15) is 0 Å². The van der Waals surface area contributed by atoms with E-state index in [0.29, 0.717) is 18.3 Å². The summed E-state index contributed by atoms with van der Waals surface area (Å²) in [5, 5.41) is 7.17. The van der Waals surface area contributed by atoms with Crippen molar-refractivity contribution in [3.63, 3.8) is 0 Å². The van der Waals surface area contributed by atoms with Crippen LogP contribution in [0.5, 0.6) is 0 Å². The molecule has 0 aliphatic carbocycles. The summed E-state index contributed by atoms with van der Waals surface area (Å²) in [6.07, 6.45) is 3.27. The Hall–Kier alpha value is -2.63. The van der Waals surface area contributed by atoms with Gasteiger partial charge in [-0.15, -0.1) is 0 Å². The van der Waals surface area contributed by atoms with Gasteiger partial charge in [-0.3, -0.25) is 4.99 Å². The van der Waals surface area contributed by atoms with Crippen LogP contribution in [0, 0.1) is 6.92 Å². The molecule has 3 rings (SSSR count). The van der Waals surface area contributed by atoms with E-state index in [1.807, 2.05) is 6.07 Å². The van der Waals surface area contributed by atoms with Crippen LogP contribution in [0.1, 0.15) is 23.7 Å². The number of hydrogen-bond acceptors (Lipinski definition) is 4. The van der Waals surface area contributed by atoms with Crippen molar-refractivity contribution in [3.8, 4) is 0 Å². The molecule has 1 aromatic heterocycles. The lowest BCUT2D eigenvalue weighted by atomic mass is 10.00. The molecule has 0 radical (unpaired) electrons. The van der Waals surface area contributed by atoms with Crippen molar-refractivity contribution in [2.75, 3.05) is 20.1 Å². The van der Waals surface area contributed by atoms with Crippen molar-refractivity contribution < 1.29 is 4.52 Å². The van der Waals surface area contributed by atoms with Gasteiger partial charge in [0.2, 0.25) is 5.89 Å². The lowest BCUT2D eigenvalue weighted by molar-refractivity contribution is 0.385. The second kappa shape index (κ2) is 7.09. The van der Waals surface area contributed by atoms with Crippen LogP contribution in [0.15, 0.2) is 45.9 Å². The van der Waals surface area contributed by atoms with Crippen molar-refractivity contribution in [3.05, 3.63) is 53.7 Å². The van der Waals surface area contributed by atoms with Gasteiger partial charge in [0.05, 0.1) is 6.54 Å². The molecule has 1 aliphatic heterocycles. The van der Waals surface area contributed by atoms with Crippen LogP contribution in [-0.4, -0.2) is 41.1 Å². The van der Waals surface area contributed by atoms with Gasteiger partial charge in [0.25, 0.3) is 0 Å². The molecule has 0 spiro atoms. The second-order valence-electron chi connectivity index (χ2n) is 5.42. The molecule has 0 amide bonds. The zero-order valence-corrected chi connectivity index (χ0v) is 13.5. The Kier molecular flexibility index (Phi) is 4.71. The van der Waals surface area contributed by atoms with Gasteiger partial charge >= 0.3 is 0 Å². The third-order valence-corrected chi connectivity index (χ3v) is 3.84. The molecule has 2 aromatic rings. The first-order valence-corrected chi connectivity index (χ1v) is 7.75. The van der Waals surface area contributed by atoms with Crippen molar-refractivity contribution in [1.29, 1.82) is 0 Å². The standard InChI is InChI=1S/C17H21N5O/c1-13-20-16(21-23-13)12-19-17(18-2)22-10-8-15(9-11-22)14-6-4-3-5-7-14/h3-8H,9-12H2,1-2H3,(H,18,19). The number of aryl methyl sites for hydroxylation is 1. The molecule has 0 fully saturated rings. The smallest absolute Gasteiger partial charge is 0.223 e. The lowest BCUT2D eigenvalue weighted by Crippen LogP contribution is -2.43. The first kappa shape index (κ1) is 15.3. The predicted octanol–water partition coefficient (Wildman–Crippen LogP) is 2.24. The SMILES string of the molecule is CN=C(NCc1noc(C)n1)N1CC=C(c2ccccc2)CC1. The van der Waals surface area contributed by atoms with Crippen molar-refractivity contribution in [2.45, 2.75) is 19.9 Å². The summed E-state index contributed by atoms with van der Waals surface area (Å²) in [5.41, 5.74) is 2.70. The summed E-state index contributed by atoms with van der Waals surface area (Å²) < 4.78 is 4.97. The Morgan fingerprint density at radius 2 is 2.17 bits per heavy atom. The van der Waals surface area contributed by atoms with Gasteiger partial charge in [0.1, 0.15) is 0 Å². The van der Waals surface area contributed by atoms with Gasteiger partial charge in [-0.25, -0.2) is 0 Å². The van der Waals surface area contributed by atoms with E-state index < -0.39 is 0 Å². The van der Waals surface area contributed by atoms with E-state index >= 15 is 0 Å². The van der Waals surface area contributed by atoms with Gasteiger partial charge in [0.15, 0.2) is 11.8 Å². The summed E-state index contributed by atoms with van der Waals surface area (Å²) in [7, 11) is 1.79. The number of aliphatic imine (C=N–C) groups is 1. The fraction of sp³-hybridized carbons (Fsp3) is 0.353. The van der Waals surface area contributed by atoms with Crippen LogP contribution in [0.3, 0.4) is 0 Å². The highest BCUT2D eigenvalue weighted by molar-refractivity contribution is 5.81. The van der Waals surface area contributed by atoms with E-state index in [-0.39, 0.29) is 0 Å². The Morgan fingerprint density at radius 1 is 1.35 bits per heavy atom. The van der Waals surface area contributed by atoms with Gasteiger partial charge in [-0.1, -0.05) is 41.6 Å². The fourth-order valence-electron chi connectivity index (χ4n) is 2.68. The molecule has 0 saturated carbocycles. The molecule has 6 nitrogen and oxygen atoms in total. The van der Waals surface area contributed by atoms with Gasteiger partial charge in [-0.2, -0.15) is 4.98 Å². The molecule has 0 unspecified atom stereocenters. The molecule has 0 atom stereocenters. The molecule has 1 aromatic carbocycles. The van der Waals surface area contributed by atoms with Gasteiger partial charge in [-0.05, 0) is 17.6 Å². The largest absolute Gasteiger partial charge is 0.349 e. The molecule has 0 saturated heterocycles. The molecule has 23 heavy (non-hydrogen) atoms. The van der Waals surface area contributed by atoms with Crippen molar-refractivity contribution in [1.82, 2.24) is 20.4 Å². The molecule has 120 valence electrons. The number of benzene rings is 1. The molecule has 0 bridgehead atoms. The number of nitrogens with one attached hydrogen (secondary N) is 1. The van der Waals surface area contributed by atoms with E-state index in [0.717, 1.165) is 25.5 Å². The van der Waals surface area contributed by atoms with E-state index in [1.165, 1.54) is 11.1 Å². The first-order chi connectivity index (χ1) is 11.3. The lowest BCUT2D eigenvalue weighted by Gasteiger charge is -2.29. The van der Waals surface area contributed by atoms with Gasteiger partial charge in [0, 0.05) is 27.1 Å². The van der Waals surface area contributed by atoms with Gasteiger partial charge < -0.3 is 14.7 Å². The predicted molar refractivity (Wildman–Crippen MR) is 89.8 cm³/mol. The van der Waals surface area contributed by atoms with Crippen molar-refractivity contribution >= 4 is 11.5 Å². The minimum Gasteiger partial charge on any atom is -0.349 e. The molecular formula is C17H21N5O. The summed E-state index contributed by atoms with van der Waals surface area (Å²) in [5.74, 6) is 2.07. The number of nitrogens with zero attached hydrogens (tertiary/aromatic N) is 4.